The Morgan fingerprint density at radius 3 is 2.88 bits per heavy atom. The van der Waals surface area contributed by atoms with Crippen molar-refractivity contribution in [3.05, 3.63) is 75.8 Å². The average molecular weight is 332 g/mol. The van der Waals surface area contributed by atoms with Crippen LogP contribution in [0.15, 0.2) is 53.6 Å². The third kappa shape index (κ3) is 3.56. The number of amides is 1. The Labute approximate surface area is 144 Å². The number of benzene rings is 2. The molecule has 0 aliphatic carbocycles. The summed E-state index contributed by atoms with van der Waals surface area (Å²) in [6.07, 6.45) is 1.40. The number of fused-ring (bicyclic) bond motifs is 1. The van der Waals surface area contributed by atoms with Gasteiger partial charge in [0.15, 0.2) is 0 Å². The van der Waals surface area contributed by atoms with Gasteiger partial charge in [0.05, 0.1) is 28.9 Å². The lowest BCUT2D eigenvalue weighted by molar-refractivity contribution is -0.121. The molecule has 6 nitrogen and oxygen atoms in total. The van der Waals surface area contributed by atoms with Gasteiger partial charge in [-0.2, -0.15) is 5.26 Å². The summed E-state index contributed by atoms with van der Waals surface area (Å²) in [5.74, 6) is -0.293. The molecule has 3 aromatic rings. The number of aromatic nitrogens is 2. The first-order valence-corrected chi connectivity index (χ1v) is 7.79. The number of para-hydroxylation sites is 1. The van der Waals surface area contributed by atoms with Crippen LogP contribution in [0.2, 0.25) is 0 Å². The molecular formula is C19H16N4O2. The molecule has 0 aliphatic heterocycles. The minimum Gasteiger partial charge on any atom is -0.350 e. The SMILES string of the molecule is Cc1cccc2c(=O)n(CC(=O)NCc3cccc(C#N)c3)cnc12. The molecule has 0 spiro atoms. The van der Waals surface area contributed by atoms with Crippen LogP contribution in [0.4, 0.5) is 0 Å². The smallest absolute Gasteiger partial charge is 0.261 e. The van der Waals surface area contributed by atoms with E-state index in [9.17, 15) is 9.59 Å². The van der Waals surface area contributed by atoms with E-state index in [4.69, 9.17) is 5.26 Å². The molecule has 1 amide bonds. The molecule has 0 atom stereocenters. The predicted octanol–water partition coefficient (Wildman–Crippen LogP) is 1.89. The number of aryl methyl sites for hydroxylation is 1. The van der Waals surface area contributed by atoms with E-state index in [0.29, 0.717) is 23.0 Å². The van der Waals surface area contributed by atoms with Crippen LogP contribution < -0.4 is 10.9 Å². The first-order valence-electron chi connectivity index (χ1n) is 7.79. The van der Waals surface area contributed by atoms with Gasteiger partial charge in [-0.1, -0.05) is 24.3 Å². The van der Waals surface area contributed by atoms with Crippen LogP contribution in [0.25, 0.3) is 10.9 Å². The Kier molecular flexibility index (Phi) is 4.57. The van der Waals surface area contributed by atoms with Crippen LogP contribution in [-0.4, -0.2) is 15.5 Å². The molecule has 0 bridgehead atoms. The molecule has 0 unspecified atom stereocenters. The molecule has 124 valence electrons. The summed E-state index contributed by atoms with van der Waals surface area (Å²) >= 11 is 0. The van der Waals surface area contributed by atoms with Crippen LogP contribution in [-0.2, 0) is 17.9 Å². The molecule has 2 aromatic carbocycles. The van der Waals surface area contributed by atoms with Gasteiger partial charge in [-0.25, -0.2) is 4.98 Å². The Bertz CT molecular complexity index is 1050. The number of rotatable bonds is 4. The van der Waals surface area contributed by atoms with Crippen molar-refractivity contribution in [2.45, 2.75) is 20.0 Å². The zero-order valence-corrected chi connectivity index (χ0v) is 13.7. The number of hydrogen-bond donors (Lipinski definition) is 1. The molecule has 1 aromatic heterocycles. The van der Waals surface area contributed by atoms with Gasteiger partial charge in [0.1, 0.15) is 6.54 Å². The van der Waals surface area contributed by atoms with Gasteiger partial charge in [0.2, 0.25) is 5.91 Å². The molecule has 1 heterocycles. The minimum absolute atomic E-state index is 0.104. The van der Waals surface area contributed by atoms with E-state index in [2.05, 4.69) is 16.4 Å². The fraction of sp³-hybridized carbons (Fsp3) is 0.158. The highest BCUT2D eigenvalue weighted by Gasteiger charge is 2.09. The second-order valence-corrected chi connectivity index (χ2v) is 5.74. The standard InChI is InChI=1S/C19H16N4O2/c1-13-4-2-7-16-18(13)22-12-23(19(16)25)11-17(24)21-10-15-6-3-5-14(8-15)9-20/h2-8,12H,10-11H2,1H3,(H,21,24). The van der Waals surface area contributed by atoms with E-state index >= 15 is 0 Å². The predicted molar refractivity (Wildman–Crippen MR) is 93.7 cm³/mol. The Morgan fingerprint density at radius 2 is 2.08 bits per heavy atom. The largest absolute Gasteiger partial charge is 0.350 e. The van der Waals surface area contributed by atoms with Gasteiger partial charge >= 0.3 is 0 Å². The second kappa shape index (κ2) is 6.97. The van der Waals surface area contributed by atoms with Gasteiger partial charge in [0, 0.05) is 6.54 Å². The number of carbonyl (C=O) groups excluding carboxylic acids is 1. The summed E-state index contributed by atoms with van der Waals surface area (Å²) in [7, 11) is 0. The van der Waals surface area contributed by atoms with Crippen molar-refractivity contribution in [2.75, 3.05) is 0 Å². The number of carbonyl (C=O) groups is 1. The molecule has 0 aliphatic rings. The molecule has 3 rings (SSSR count). The van der Waals surface area contributed by atoms with E-state index < -0.39 is 0 Å². The lowest BCUT2D eigenvalue weighted by Crippen LogP contribution is -2.32. The van der Waals surface area contributed by atoms with Gasteiger partial charge in [-0.15, -0.1) is 0 Å². The second-order valence-electron chi connectivity index (χ2n) is 5.74. The maximum atomic E-state index is 12.5. The van der Waals surface area contributed by atoms with Crippen molar-refractivity contribution in [3.8, 4) is 6.07 Å². The van der Waals surface area contributed by atoms with E-state index in [-0.39, 0.29) is 18.0 Å². The van der Waals surface area contributed by atoms with Gasteiger partial charge in [-0.3, -0.25) is 14.2 Å². The summed E-state index contributed by atoms with van der Waals surface area (Å²) in [6.45, 7) is 2.08. The van der Waals surface area contributed by atoms with Crippen molar-refractivity contribution in [2.24, 2.45) is 0 Å². The van der Waals surface area contributed by atoms with Crippen molar-refractivity contribution < 1.29 is 4.79 Å². The van der Waals surface area contributed by atoms with E-state index in [1.807, 2.05) is 19.1 Å². The molecule has 1 N–H and O–H groups in total. The first kappa shape index (κ1) is 16.4. The number of nitrogens with zero attached hydrogens (tertiary/aromatic N) is 3. The fourth-order valence-electron chi connectivity index (χ4n) is 2.61. The molecule has 0 saturated carbocycles. The van der Waals surface area contributed by atoms with Crippen molar-refractivity contribution in [3.63, 3.8) is 0 Å². The zero-order chi connectivity index (χ0) is 17.8. The summed E-state index contributed by atoms with van der Waals surface area (Å²) < 4.78 is 1.29. The third-order valence-corrected chi connectivity index (χ3v) is 3.91. The summed E-state index contributed by atoms with van der Waals surface area (Å²) in [4.78, 5) is 28.9. The topological polar surface area (TPSA) is 87.8 Å². The lowest BCUT2D eigenvalue weighted by atomic mass is 10.1. The lowest BCUT2D eigenvalue weighted by Gasteiger charge is -2.09. The molecule has 0 radical (unpaired) electrons. The first-order chi connectivity index (χ1) is 12.1. The van der Waals surface area contributed by atoms with Crippen LogP contribution in [0.5, 0.6) is 0 Å². The number of nitrogens with one attached hydrogen (secondary N) is 1. The number of hydrogen-bond acceptors (Lipinski definition) is 4. The molecule has 0 fully saturated rings. The highest BCUT2D eigenvalue weighted by atomic mass is 16.2. The average Bonchev–Trinajstić information content (AvgIpc) is 2.63. The van der Waals surface area contributed by atoms with Crippen LogP contribution >= 0.6 is 0 Å². The molecule has 0 saturated heterocycles. The third-order valence-electron chi connectivity index (χ3n) is 3.91. The Hall–Kier alpha value is -3.46. The Balaban J connectivity index is 1.73. The van der Waals surface area contributed by atoms with Gasteiger partial charge in [0.25, 0.3) is 5.56 Å². The molecule has 25 heavy (non-hydrogen) atoms. The number of nitriles is 1. The highest BCUT2D eigenvalue weighted by Crippen LogP contribution is 2.11. The van der Waals surface area contributed by atoms with Crippen molar-refractivity contribution in [1.29, 1.82) is 5.26 Å². The van der Waals surface area contributed by atoms with Gasteiger partial charge in [-0.05, 0) is 36.2 Å². The van der Waals surface area contributed by atoms with Crippen molar-refractivity contribution >= 4 is 16.8 Å². The monoisotopic (exact) mass is 332 g/mol. The minimum atomic E-state index is -0.293. The quantitative estimate of drug-likeness (QED) is 0.790. The molecular weight excluding hydrogens is 316 g/mol. The van der Waals surface area contributed by atoms with Gasteiger partial charge < -0.3 is 5.32 Å². The summed E-state index contributed by atoms with van der Waals surface area (Å²) in [5.41, 5.74) is 2.69. The fourth-order valence-corrected chi connectivity index (χ4v) is 2.61. The normalized spacial score (nSPS) is 10.4. The van der Waals surface area contributed by atoms with E-state index in [1.165, 1.54) is 10.9 Å². The molecule has 6 heteroatoms. The maximum absolute atomic E-state index is 12.5. The van der Waals surface area contributed by atoms with Crippen LogP contribution in [0.3, 0.4) is 0 Å². The van der Waals surface area contributed by atoms with E-state index in [0.717, 1.165) is 11.1 Å². The van der Waals surface area contributed by atoms with Crippen LogP contribution in [0, 0.1) is 18.3 Å². The van der Waals surface area contributed by atoms with Crippen LogP contribution in [0.1, 0.15) is 16.7 Å². The highest BCUT2D eigenvalue weighted by molar-refractivity contribution is 5.81. The maximum Gasteiger partial charge on any atom is 0.261 e. The summed E-state index contributed by atoms with van der Waals surface area (Å²) in [5, 5.41) is 12.1. The van der Waals surface area contributed by atoms with E-state index in [1.54, 1.807) is 30.3 Å². The summed E-state index contributed by atoms with van der Waals surface area (Å²) in [6, 6.07) is 14.5. The zero-order valence-electron chi connectivity index (χ0n) is 13.7. The van der Waals surface area contributed by atoms with Crippen molar-refractivity contribution in [1.82, 2.24) is 14.9 Å². The Morgan fingerprint density at radius 1 is 1.28 bits per heavy atom.